The van der Waals surface area contributed by atoms with Gasteiger partial charge in [0.1, 0.15) is 30.5 Å². The zero-order chi connectivity index (χ0) is 43.9. The van der Waals surface area contributed by atoms with E-state index in [4.69, 9.17) is 4.74 Å². The minimum absolute atomic E-state index is 0.145. The second kappa shape index (κ2) is 40.7. The molecule has 1 aliphatic rings. The second-order valence-corrected chi connectivity index (χ2v) is 18.5. The minimum Gasteiger partial charge on any atom is -0.394 e. The predicted molar refractivity (Wildman–Crippen MR) is 249 cm³/mol. The topological polar surface area (TPSA) is 160 Å². The summed E-state index contributed by atoms with van der Waals surface area (Å²) in [5.74, 6) is -0.145. The molecule has 1 aliphatic heterocycles. The van der Waals surface area contributed by atoms with E-state index in [2.05, 4.69) is 19.2 Å². The van der Waals surface area contributed by atoms with Crippen molar-refractivity contribution in [1.29, 1.82) is 0 Å². The van der Waals surface area contributed by atoms with Gasteiger partial charge in [-0.15, -0.1) is 0 Å². The van der Waals surface area contributed by atoms with Crippen molar-refractivity contribution in [2.75, 3.05) is 6.61 Å². The molecule has 0 aromatic heterocycles. The number of hydrogen-bond donors (Lipinski definition) is 7. The molecule has 1 rings (SSSR count). The summed E-state index contributed by atoms with van der Waals surface area (Å²) in [5, 5.41) is 65.3. The van der Waals surface area contributed by atoms with Crippen molar-refractivity contribution in [2.45, 2.75) is 300 Å². The van der Waals surface area contributed by atoms with Crippen LogP contribution in [0.15, 0.2) is 12.2 Å². The predicted octanol–water partition coefficient (Wildman–Crippen LogP) is 11.1. The van der Waals surface area contributed by atoms with Gasteiger partial charge < -0.3 is 40.7 Å². The number of aliphatic hydroxyl groups is 6. The van der Waals surface area contributed by atoms with E-state index in [1.165, 1.54) is 173 Å². The molecule has 1 fully saturated rings. The number of ether oxygens (including phenoxy) is 1. The molecule has 0 unspecified atom stereocenters. The third-order valence-corrected chi connectivity index (χ3v) is 12.9. The van der Waals surface area contributed by atoms with Crippen LogP contribution in [0.4, 0.5) is 0 Å². The van der Waals surface area contributed by atoms with Gasteiger partial charge in [0, 0.05) is 6.42 Å². The third-order valence-electron chi connectivity index (χ3n) is 12.9. The highest BCUT2D eigenvalue weighted by Crippen LogP contribution is 2.25. The molecule has 0 radical (unpaired) electrons. The van der Waals surface area contributed by atoms with Crippen LogP contribution >= 0.6 is 0 Å². The summed E-state index contributed by atoms with van der Waals surface area (Å²) >= 11 is 0. The first-order valence-corrected chi connectivity index (χ1v) is 25.9. The van der Waals surface area contributed by atoms with E-state index in [0.717, 1.165) is 38.5 Å². The number of carbonyl (C=O) groups is 1. The normalized spacial score (nSPS) is 21.1. The molecule has 1 amide bonds. The van der Waals surface area contributed by atoms with Gasteiger partial charge in [-0.2, -0.15) is 0 Å². The van der Waals surface area contributed by atoms with E-state index in [0.29, 0.717) is 25.7 Å². The standard InChI is InChI=1S/C51H99NO8/c1-3-5-7-9-11-13-15-17-18-19-20-21-22-23-24-25-27-29-31-33-35-41-47(55)52-43(38-36-37-40-45-49(57)51(59)50(58)46(42-53)60-45)48(56)44(54)39-34-32-30-28-26-16-14-12-10-8-6-4-2/h36,38,43-46,48-51,53-54,56-59H,3-35,37,39-42H2,1-2H3,(H,52,55)/b38-36+/t43-,44+,45+,46+,48-,49-,50-,51+/m0/s1. The van der Waals surface area contributed by atoms with Gasteiger partial charge in [0.15, 0.2) is 0 Å². The summed E-state index contributed by atoms with van der Waals surface area (Å²) in [5.41, 5.74) is 0. The first-order valence-electron chi connectivity index (χ1n) is 25.9. The first kappa shape index (κ1) is 56.9. The van der Waals surface area contributed by atoms with Crippen LogP contribution in [0.3, 0.4) is 0 Å². The van der Waals surface area contributed by atoms with E-state index >= 15 is 0 Å². The lowest BCUT2D eigenvalue weighted by Crippen LogP contribution is -2.58. The smallest absolute Gasteiger partial charge is 0.220 e. The molecule has 0 aromatic carbocycles. The molecule has 9 heteroatoms. The Bertz CT molecular complexity index is 965. The largest absolute Gasteiger partial charge is 0.394 e. The van der Waals surface area contributed by atoms with Gasteiger partial charge in [-0.05, 0) is 25.7 Å². The maximum Gasteiger partial charge on any atom is 0.220 e. The fourth-order valence-electron chi connectivity index (χ4n) is 8.75. The molecular weight excluding hydrogens is 755 g/mol. The van der Waals surface area contributed by atoms with E-state index in [1.807, 2.05) is 0 Å². The van der Waals surface area contributed by atoms with E-state index in [-0.39, 0.29) is 5.91 Å². The number of unbranched alkanes of at least 4 members (excludes halogenated alkanes) is 31. The fraction of sp³-hybridized carbons (Fsp3) is 0.941. The van der Waals surface area contributed by atoms with Gasteiger partial charge in [-0.25, -0.2) is 0 Å². The Morgan fingerprint density at radius 3 is 1.30 bits per heavy atom. The number of allylic oxidation sites excluding steroid dienone is 1. The number of carbonyl (C=O) groups excluding carboxylic acids is 1. The zero-order valence-corrected chi connectivity index (χ0v) is 39.1. The Morgan fingerprint density at radius 1 is 0.533 bits per heavy atom. The highest BCUT2D eigenvalue weighted by atomic mass is 16.5. The first-order chi connectivity index (χ1) is 29.3. The van der Waals surface area contributed by atoms with E-state index in [9.17, 15) is 35.4 Å². The SMILES string of the molecule is CCCCCCCCCCCCCCCCCCCCCCCC(=O)N[C@@H](/C=C/CC[C@H]1O[C@H](CO)[C@H](O)[C@H](O)[C@H]1O)[C@H](O)[C@H](O)CCCCCCCCCCCCCC. The van der Waals surface area contributed by atoms with E-state index < -0.39 is 55.4 Å². The molecule has 0 bridgehead atoms. The number of amides is 1. The summed E-state index contributed by atoms with van der Waals surface area (Å²) in [6.45, 7) is 4.05. The van der Waals surface area contributed by atoms with E-state index in [1.54, 1.807) is 12.2 Å². The van der Waals surface area contributed by atoms with Crippen molar-refractivity contribution in [3.05, 3.63) is 12.2 Å². The van der Waals surface area contributed by atoms with Crippen LogP contribution < -0.4 is 5.32 Å². The van der Waals surface area contributed by atoms with Crippen molar-refractivity contribution in [2.24, 2.45) is 0 Å². The van der Waals surface area contributed by atoms with Crippen molar-refractivity contribution in [3.8, 4) is 0 Å². The molecule has 60 heavy (non-hydrogen) atoms. The van der Waals surface area contributed by atoms with Crippen LogP contribution in [-0.2, 0) is 9.53 Å². The molecule has 7 N–H and O–H groups in total. The lowest BCUT2D eigenvalue weighted by molar-refractivity contribution is -0.230. The van der Waals surface area contributed by atoms with Crippen molar-refractivity contribution in [1.82, 2.24) is 5.32 Å². The van der Waals surface area contributed by atoms with Gasteiger partial charge in [-0.3, -0.25) is 4.79 Å². The van der Waals surface area contributed by atoms with Crippen LogP contribution in [0.5, 0.6) is 0 Å². The Balaban J connectivity index is 2.34. The molecular formula is C51H99NO8. The van der Waals surface area contributed by atoms with Crippen LogP contribution in [0, 0.1) is 0 Å². The Kier molecular flexibility index (Phi) is 38.6. The van der Waals surface area contributed by atoms with Gasteiger partial charge in [-0.1, -0.05) is 231 Å². The Labute approximate surface area is 369 Å². The molecule has 0 saturated carbocycles. The Hall–Kier alpha value is -1.07. The van der Waals surface area contributed by atoms with Crippen molar-refractivity contribution >= 4 is 5.91 Å². The maximum atomic E-state index is 13.0. The maximum absolute atomic E-state index is 13.0. The molecule has 8 atom stereocenters. The minimum atomic E-state index is -1.42. The Morgan fingerprint density at radius 2 is 0.900 bits per heavy atom. The molecule has 0 aromatic rings. The van der Waals surface area contributed by atoms with Crippen molar-refractivity contribution < 1.29 is 40.2 Å². The second-order valence-electron chi connectivity index (χ2n) is 18.5. The third kappa shape index (κ3) is 30.1. The van der Waals surface area contributed by atoms with Crippen LogP contribution in [-0.4, -0.2) is 91.9 Å². The van der Waals surface area contributed by atoms with Gasteiger partial charge >= 0.3 is 0 Å². The highest BCUT2D eigenvalue weighted by molar-refractivity contribution is 5.76. The molecule has 0 spiro atoms. The van der Waals surface area contributed by atoms with Gasteiger partial charge in [0.2, 0.25) is 5.91 Å². The zero-order valence-electron chi connectivity index (χ0n) is 39.1. The number of hydrogen-bond acceptors (Lipinski definition) is 8. The number of aliphatic hydroxyl groups excluding tert-OH is 6. The molecule has 9 nitrogen and oxygen atoms in total. The molecule has 0 aliphatic carbocycles. The van der Waals surface area contributed by atoms with Gasteiger partial charge in [0.25, 0.3) is 0 Å². The summed E-state index contributed by atoms with van der Waals surface area (Å²) in [7, 11) is 0. The number of rotatable bonds is 43. The molecule has 356 valence electrons. The fourth-order valence-corrected chi connectivity index (χ4v) is 8.75. The number of nitrogens with one attached hydrogen (secondary N) is 1. The van der Waals surface area contributed by atoms with Crippen LogP contribution in [0.2, 0.25) is 0 Å². The summed E-state index contributed by atoms with van der Waals surface area (Å²) < 4.78 is 5.63. The quantitative estimate of drug-likeness (QED) is 0.0236. The van der Waals surface area contributed by atoms with Gasteiger partial charge in [0.05, 0.1) is 24.9 Å². The lowest BCUT2D eigenvalue weighted by atomic mass is 9.92. The monoisotopic (exact) mass is 854 g/mol. The molecule has 1 saturated heterocycles. The average Bonchev–Trinajstić information content (AvgIpc) is 3.25. The summed E-state index contributed by atoms with van der Waals surface area (Å²) in [4.78, 5) is 13.0. The van der Waals surface area contributed by atoms with Crippen LogP contribution in [0.25, 0.3) is 0 Å². The molecule has 1 heterocycles. The summed E-state index contributed by atoms with van der Waals surface area (Å²) in [6, 6.07) is -0.769. The lowest BCUT2D eigenvalue weighted by Gasteiger charge is -2.40. The van der Waals surface area contributed by atoms with Crippen molar-refractivity contribution in [3.63, 3.8) is 0 Å². The van der Waals surface area contributed by atoms with Crippen LogP contribution in [0.1, 0.15) is 251 Å². The average molecular weight is 854 g/mol. The summed E-state index contributed by atoms with van der Waals surface area (Å²) in [6.07, 6.45) is 39.2. The highest BCUT2D eigenvalue weighted by Gasteiger charge is 2.42.